The van der Waals surface area contributed by atoms with Gasteiger partial charge in [0.05, 0.1) is 25.0 Å². The van der Waals surface area contributed by atoms with E-state index in [9.17, 15) is 24.6 Å². The van der Waals surface area contributed by atoms with Crippen LogP contribution in [0.1, 0.15) is 39.5 Å². The number of halogens is 2. The van der Waals surface area contributed by atoms with Gasteiger partial charge in [-0.2, -0.15) is 0 Å². The summed E-state index contributed by atoms with van der Waals surface area (Å²) in [5.41, 5.74) is -6.10. The number of rotatable bonds is 3. The average molecular weight is 455 g/mol. The minimum absolute atomic E-state index is 0.0587. The lowest BCUT2D eigenvalue weighted by Crippen LogP contribution is -2.69. The van der Waals surface area contributed by atoms with Crippen LogP contribution < -0.4 is 0 Å². The third kappa shape index (κ3) is 2.54. The van der Waals surface area contributed by atoms with Crippen molar-refractivity contribution in [2.75, 3.05) is 13.0 Å². The third-order valence-electron chi connectivity index (χ3n) is 8.93. The number of alkyl halides is 2. The maximum Gasteiger partial charge on any atom is 0.312 e. The molecular weight excluding hydrogens is 427 g/mol. The Kier molecular flexibility index (Phi) is 5.08. The molecule has 0 aromatic heterocycles. The van der Waals surface area contributed by atoms with Crippen molar-refractivity contribution >= 4 is 29.1 Å². The number of hydrogen-bond donors (Lipinski definition) is 2. The molecule has 6 nitrogen and oxygen atoms in total. The van der Waals surface area contributed by atoms with Crippen molar-refractivity contribution in [3.63, 3.8) is 0 Å². The Morgan fingerprint density at radius 3 is 2.61 bits per heavy atom. The van der Waals surface area contributed by atoms with Crippen molar-refractivity contribution in [2.45, 2.75) is 56.9 Å². The van der Waals surface area contributed by atoms with E-state index in [-0.39, 0.29) is 18.6 Å². The second-order valence-electron chi connectivity index (χ2n) is 9.90. The first-order valence-corrected chi connectivity index (χ1v) is 11.2. The Bertz CT molecular complexity index is 916. The maximum absolute atomic E-state index is 17.0. The number of Topliss-reactive ketones (excluding diaryl/α,β-unsaturated/α-hetero) is 1. The van der Waals surface area contributed by atoms with Crippen molar-refractivity contribution in [1.29, 1.82) is 0 Å². The molecule has 4 aliphatic rings. The minimum atomic E-state index is -2.16. The summed E-state index contributed by atoms with van der Waals surface area (Å²) in [4.78, 5) is 37.4. The highest BCUT2D eigenvalue weighted by Crippen LogP contribution is 2.70. The topological polar surface area (TPSA) is 101 Å². The van der Waals surface area contributed by atoms with Gasteiger partial charge >= 0.3 is 5.97 Å². The van der Waals surface area contributed by atoms with E-state index in [1.807, 2.05) is 0 Å². The first kappa shape index (κ1) is 22.6. The number of ether oxygens (including phenoxy) is 1. The zero-order chi connectivity index (χ0) is 23.0. The van der Waals surface area contributed by atoms with Crippen LogP contribution in [0.4, 0.5) is 4.39 Å². The molecule has 0 saturated heterocycles. The van der Waals surface area contributed by atoms with Crippen LogP contribution in [0.3, 0.4) is 0 Å². The van der Waals surface area contributed by atoms with Crippen molar-refractivity contribution < 1.29 is 33.7 Å². The largest absolute Gasteiger partial charge is 0.469 e. The number of fused-ring (bicyclic) bond motifs is 5. The predicted molar refractivity (Wildman–Crippen MR) is 110 cm³/mol. The Hall–Kier alpha value is -1.57. The molecule has 0 amide bonds. The van der Waals surface area contributed by atoms with Crippen molar-refractivity contribution in [2.24, 2.45) is 28.6 Å². The fourth-order valence-electron chi connectivity index (χ4n) is 7.28. The molecule has 31 heavy (non-hydrogen) atoms. The number of esters is 1. The van der Waals surface area contributed by atoms with Crippen molar-refractivity contribution in [1.82, 2.24) is 0 Å². The van der Waals surface area contributed by atoms with Gasteiger partial charge in [-0.05, 0) is 50.7 Å². The summed E-state index contributed by atoms with van der Waals surface area (Å²) in [6, 6.07) is 0. The molecule has 0 bridgehead atoms. The van der Waals surface area contributed by atoms with Gasteiger partial charge in [0.2, 0.25) is 0 Å². The first-order valence-electron chi connectivity index (χ1n) is 10.6. The lowest BCUT2D eigenvalue weighted by Gasteiger charge is -2.62. The summed E-state index contributed by atoms with van der Waals surface area (Å²) in [5, 5.41) is 22.9. The van der Waals surface area contributed by atoms with E-state index < -0.39 is 63.6 Å². The summed E-state index contributed by atoms with van der Waals surface area (Å²) in [5.74, 6) is -4.68. The predicted octanol–water partition coefficient (Wildman–Crippen LogP) is 2.30. The highest BCUT2D eigenvalue weighted by Gasteiger charge is 2.77. The second kappa shape index (κ2) is 6.96. The standard InChI is InChI=1S/C23H28ClFO6/c1-20-7-6-13(26)8-12(20)4-5-14-15-9-16(19(29)31-3)23(30,18(28)11-24)21(15,2)10-17(27)22(14,20)25/h6-8,14-17,27,30H,4-5,9-11H2,1-3H3/t14?,15?,16-,17-,20-,21-,22-,23-/m0/s1. The van der Waals surface area contributed by atoms with Crippen LogP contribution in [0.15, 0.2) is 23.8 Å². The van der Waals surface area contributed by atoms with Gasteiger partial charge < -0.3 is 14.9 Å². The zero-order valence-corrected chi connectivity index (χ0v) is 18.6. The van der Waals surface area contributed by atoms with Crippen LogP contribution in [0, 0.1) is 28.6 Å². The molecule has 0 radical (unpaired) electrons. The van der Waals surface area contributed by atoms with Crippen LogP contribution in [0.5, 0.6) is 0 Å². The summed E-state index contributed by atoms with van der Waals surface area (Å²) >= 11 is 5.81. The molecule has 3 fully saturated rings. The van der Waals surface area contributed by atoms with E-state index in [2.05, 4.69) is 0 Å². The van der Waals surface area contributed by atoms with Gasteiger partial charge in [0.25, 0.3) is 0 Å². The van der Waals surface area contributed by atoms with E-state index in [1.54, 1.807) is 13.8 Å². The number of carbonyl (C=O) groups is 3. The number of aliphatic hydroxyl groups is 2. The number of hydrogen-bond acceptors (Lipinski definition) is 6. The maximum atomic E-state index is 17.0. The quantitative estimate of drug-likeness (QED) is 0.501. The number of ketones is 2. The molecular formula is C23H28ClFO6. The molecule has 8 heteroatoms. The number of aliphatic hydroxyl groups excluding tert-OH is 1. The summed E-state index contributed by atoms with van der Waals surface area (Å²) in [7, 11) is 1.18. The van der Waals surface area contributed by atoms with E-state index >= 15 is 4.39 Å². The van der Waals surface area contributed by atoms with Gasteiger partial charge in [-0.3, -0.25) is 14.4 Å². The van der Waals surface area contributed by atoms with Crippen LogP contribution in [-0.2, 0) is 19.1 Å². The Morgan fingerprint density at radius 2 is 2.00 bits per heavy atom. The van der Waals surface area contributed by atoms with E-state index in [0.717, 1.165) is 0 Å². The number of carbonyl (C=O) groups excluding carboxylic acids is 3. The molecule has 3 saturated carbocycles. The second-order valence-corrected chi connectivity index (χ2v) is 10.2. The SMILES string of the molecule is COC(=O)[C@@H]1CC2C3CCC4=CC(=O)C=C[C@]4(C)[C@@]3(F)[C@@H](O)C[C@]2(C)[C@@]1(O)C(=O)CCl. The number of allylic oxidation sites excluding steroid dienone is 4. The molecule has 0 spiro atoms. The third-order valence-corrected chi connectivity index (χ3v) is 9.17. The highest BCUT2D eigenvalue weighted by atomic mass is 35.5. The normalized spacial score (nSPS) is 48.4. The van der Waals surface area contributed by atoms with E-state index in [1.165, 1.54) is 25.3 Å². The first-order chi connectivity index (χ1) is 14.4. The minimum Gasteiger partial charge on any atom is -0.469 e. The molecule has 4 aliphatic carbocycles. The molecule has 0 aromatic rings. The van der Waals surface area contributed by atoms with E-state index in [4.69, 9.17) is 16.3 Å². The van der Waals surface area contributed by atoms with Gasteiger partial charge in [0, 0.05) is 16.7 Å². The molecule has 0 aliphatic heterocycles. The molecule has 8 atom stereocenters. The van der Waals surface area contributed by atoms with Gasteiger partial charge in [0.1, 0.15) is 5.60 Å². The van der Waals surface area contributed by atoms with E-state index in [0.29, 0.717) is 18.4 Å². The van der Waals surface area contributed by atoms with Gasteiger partial charge in [-0.25, -0.2) is 4.39 Å². The van der Waals surface area contributed by atoms with Crippen LogP contribution >= 0.6 is 11.6 Å². The molecule has 2 unspecified atom stereocenters. The fourth-order valence-corrected chi connectivity index (χ4v) is 7.48. The molecule has 0 aromatic carbocycles. The lowest BCUT2D eigenvalue weighted by molar-refractivity contribution is -0.219. The molecule has 0 heterocycles. The molecule has 4 rings (SSSR count). The van der Waals surface area contributed by atoms with Crippen LogP contribution in [0.25, 0.3) is 0 Å². The fraction of sp³-hybridized carbons (Fsp3) is 0.696. The average Bonchev–Trinajstić information content (AvgIpc) is 2.97. The van der Waals surface area contributed by atoms with Gasteiger partial charge in [-0.1, -0.05) is 18.6 Å². The van der Waals surface area contributed by atoms with Crippen molar-refractivity contribution in [3.8, 4) is 0 Å². The van der Waals surface area contributed by atoms with Gasteiger partial charge in [-0.15, -0.1) is 11.6 Å². The van der Waals surface area contributed by atoms with Crippen LogP contribution in [0.2, 0.25) is 0 Å². The summed E-state index contributed by atoms with van der Waals surface area (Å²) in [6.07, 6.45) is 3.40. The Labute approximate surface area is 185 Å². The summed E-state index contributed by atoms with van der Waals surface area (Å²) < 4.78 is 21.9. The lowest BCUT2D eigenvalue weighted by atomic mass is 9.44. The number of methoxy groups -OCH3 is 1. The monoisotopic (exact) mass is 454 g/mol. The summed E-state index contributed by atoms with van der Waals surface area (Å²) in [6.45, 7) is 3.32. The van der Waals surface area contributed by atoms with Gasteiger partial charge in [0.15, 0.2) is 17.2 Å². The Balaban J connectivity index is 1.86. The molecule has 170 valence electrons. The zero-order valence-electron chi connectivity index (χ0n) is 17.9. The Morgan fingerprint density at radius 1 is 1.32 bits per heavy atom. The smallest absolute Gasteiger partial charge is 0.312 e. The van der Waals surface area contributed by atoms with Crippen molar-refractivity contribution in [3.05, 3.63) is 23.8 Å². The molecule has 2 N–H and O–H groups in total. The van der Waals surface area contributed by atoms with Crippen LogP contribution in [-0.4, -0.2) is 58.1 Å². The highest BCUT2D eigenvalue weighted by molar-refractivity contribution is 6.29.